The van der Waals surface area contributed by atoms with E-state index in [1.54, 1.807) is 18.2 Å². The fourth-order valence-corrected chi connectivity index (χ4v) is 1.97. The first-order chi connectivity index (χ1) is 8.49. The predicted molar refractivity (Wildman–Crippen MR) is 66.8 cm³/mol. The molecule has 0 aliphatic rings. The van der Waals surface area contributed by atoms with E-state index in [1.807, 2.05) is 0 Å². The summed E-state index contributed by atoms with van der Waals surface area (Å²) in [6.45, 7) is 1.42. The van der Waals surface area contributed by atoms with Gasteiger partial charge in [-0.25, -0.2) is 8.78 Å². The average molecular weight is 267 g/mol. The minimum atomic E-state index is -0.917. The van der Waals surface area contributed by atoms with Crippen molar-refractivity contribution in [3.05, 3.63) is 58.6 Å². The van der Waals surface area contributed by atoms with Gasteiger partial charge in [0.05, 0.1) is 5.02 Å². The zero-order chi connectivity index (χ0) is 13.3. The molecule has 2 aromatic rings. The van der Waals surface area contributed by atoms with Crippen molar-refractivity contribution in [3.63, 3.8) is 0 Å². The maximum absolute atomic E-state index is 13.1. The maximum atomic E-state index is 13.1. The summed E-state index contributed by atoms with van der Waals surface area (Å²) in [5.74, 6) is -1.96. The van der Waals surface area contributed by atoms with Gasteiger partial charge in [0, 0.05) is 5.56 Å². The Morgan fingerprint density at radius 3 is 2.17 bits per heavy atom. The van der Waals surface area contributed by atoms with E-state index in [1.165, 1.54) is 13.0 Å². The minimum absolute atomic E-state index is 0.142. The molecule has 0 heterocycles. The molecule has 0 saturated heterocycles. The summed E-state index contributed by atoms with van der Waals surface area (Å²) in [6.07, 6.45) is 0. The maximum Gasteiger partial charge on any atom is 0.161 e. The molecule has 0 aliphatic heterocycles. The molecule has 0 aliphatic carbocycles. The number of halogens is 3. The van der Waals surface area contributed by atoms with Crippen molar-refractivity contribution in [2.45, 2.75) is 6.92 Å². The van der Waals surface area contributed by atoms with E-state index < -0.39 is 11.6 Å². The lowest BCUT2D eigenvalue weighted by Gasteiger charge is -2.05. The van der Waals surface area contributed by atoms with Crippen molar-refractivity contribution in [1.29, 1.82) is 0 Å². The molecule has 0 unspecified atom stereocenters. The lowest BCUT2D eigenvalue weighted by atomic mass is 10.0. The number of ketones is 1. The van der Waals surface area contributed by atoms with Crippen molar-refractivity contribution in [2.75, 3.05) is 0 Å². The van der Waals surface area contributed by atoms with Gasteiger partial charge in [-0.2, -0.15) is 0 Å². The Balaban J connectivity index is 2.48. The molecule has 0 aromatic heterocycles. The third-order valence-corrected chi connectivity index (χ3v) is 2.91. The Morgan fingerprint density at radius 1 is 1.00 bits per heavy atom. The summed E-state index contributed by atoms with van der Waals surface area (Å²) < 4.78 is 25.9. The largest absolute Gasteiger partial charge is 0.294 e. The van der Waals surface area contributed by atoms with Gasteiger partial charge in [-0.15, -0.1) is 0 Å². The summed E-state index contributed by atoms with van der Waals surface area (Å²) in [6, 6.07) is 8.38. The molecular formula is C14H9ClF2O. The molecule has 0 atom stereocenters. The van der Waals surface area contributed by atoms with E-state index in [-0.39, 0.29) is 5.78 Å². The quantitative estimate of drug-likeness (QED) is 0.732. The average Bonchev–Trinajstić information content (AvgIpc) is 2.32. The Hall–Kier alpha value is -1.74. The Bertz CT molecular complexity index is 623. The van der Waals surface area contributed by atoms with E-state index in [2.05, 4.69) is 0 Å². The van der Waals surface area contributed by atoms with Gasteiger partial charge in [0.25, 0.3) is 0 Å². The summed E-state index contributed by atoms with van der Waals surface area (Å²) >= 11 is 5.96. The number of benzene rings is 2. The second-order valence-electron chi connectivity index (χ2n) is 3.88. The Morgan fingerprint density at radius 2 is 1.61 bits per heavy atom. The van der Waals surface area contributed by atoms with Crippen LogP contribution in [0.2, 0.25) is 5.02 Å². The van der Waals surface area contributed by atoms with E-state index in [9.17, 15) is 13.6 Å². The molecule has 0 radical (unpaired) electrons. The van der Waals surface area contributed by atoms with Crippen LogP contribution in [-0.2, 0) is 0 Å². The van der Waals surface area contributed by atoms with Crippen LogP contribution in [0.1, 0.15) is 17.3 Å². The normalized spacial score (nSPS) is 10.4. The second-order valence-corrected chi connectivity index (χ2v) is 4.29. The highest BCUT2D eigenvalue weighted by Gasteiger charge is 2.09. The van der Waals surface area contributed by atoms with Gasteiger partial charge in [-0.05, 0) is 42.3 Å². The van der Waals surface area contributed by atoms with E-state index in [0.717, 1.165) is 12.1 Å². The Kier molecular flexibility index (Phi) is 3.43. The molecule has 2 rings (SSSR count). The molecule has 0 spiro atoms. The summed E-state index contributed by atoms with van der Waals surface area (Å²) in [7, 11) is 0. The molecule has 0 fully saturated rings. The molecule has 0 amide bonds. The SMILES string of the molecule is CC(=O)c1ccc(-c2ccc(F)c(F)c2)cc1Cl. The topological polar surface area (TPSA) is 17.1 Å². The molecule has 18 heavy (non-hydrogen) atoms. The second kappa shape index (κ2) is 4.86. The van der Waals surface area contributed by atoms with Crippen LogP contribution >= 0.6 is 11.6 Å². The van der Waals surface area contributed by atoms with Crippen molar-refractivity contribution in [2.24, 2.45) is 0 Å². The van der Waals surface area contributed by atoms with Gasteiger partial charge in [-0.1, -0.05) is 23.7 Å². The van der Waals surface area contributed by atoms with Gasteiger partial charge in [0.2, 0.25) is 0 Å². The van der Waals surface area contributed by atoms with Gasteiger partial charge < -0.3 is 0 Å². The van der Waals surface area contributed by atoms with Crippen molar-refractivity contribution in [1.82, 2.24) is 0 Å². The zero-order valence-electron chi connectivity index (χ0n) is 9.51. The number of carbonyl (C=O) groups excluding carboxylic acids is 1. The first-order valence-electron chi connectivity index (χ1n) is 5.25. The summed E-state index contributed by atoms with van der Waals surface area (Å²) in [5, 5.41) is 0.296. The van der Waals surface area contributed by atoms with Gasteiger partial charge in [0.1, 0.15) is 0 Å². The Labute approximate surface area is 108 Å². The zero-order valence-corrected chi connectivity index (χ0v) is 10.3. The van der Waals surface area contributed by atoms with Crippen molar-refractivity contribution in [3.8, 4) is 11.1 Å². The fourth-order valence-electron chi connectivity index (χ4n) is 1.66. The van der Waals surface area contributed by atoms with Gasteiger partial charge in [0.15, 0.2) is 17.4 Å². The van der Waals surface area contributed by atoms with Crippen LogP contribution in [0.25, 0.3) is 11.1 Å². The predicted octanol–water partition coefficient (Wildman–Crippen LogP) is 4.49. The van der Waals surface area contributed by atoms with Crippen molar-refractivity contribution < 1.29 is 13.6 Å². The third kappa shape index (κ3) is 2.41. The molecule has 1 nitrogen and oxygen atoms in total. The molecule has 0 N–H and O–H groups in total. The highest BCUT2D eigenvalue weighted by Crippen LogP contribution is 2.27. The van der Waals surface area contributed by atoms with E-state index in [0.29, 0.717) is 21.7 Å². The van der Waals surface area contributed by atoms with E-state index in [4.69, 9.17) is 11.6 Å². The third-order valence-electron chi connectivity index (χ3n) is 2.60. The fraction of sp³-hybridized carbons (Fsp3) is 0.0714. The minimum Gasteiger partial charge on any atom is -0.294 e. The number of rotatable bonds is 2. The summed E-state index contributed by atoms with van der Waals surface area (Å²) in [4.78, 5) is 11.2. The number of hydrogen-bond donors (Lipinski definition) is 0. The van der Waals surface area contributed by atoms with Crippen LogP contribution in [0.3, 0.4) is 0 Å². The molecule has 4 heteroatoms. The highest BCUT2D eigenvalue weighted by atomic mass is 35.5. The molecule has 92 valence electrons. The van der Waals surface area contributed by atoms with Crippen LogP contribution in [0.15, 0.2) is 36.4 Å². The lowest BCUT2D eigenvalue weighted by molar-refractivity contribution is 0.101. The molecule has 0 saturated carbocycles. The summed E-state index contributed by atoms with van der Waals surface area (Å²) in [5.41, 5.74) is 1.54. The standard InChI is InChI=1S/C14H9ClF2O/c1-8(18)11-4-2-9(6-12(11)15)10-3-5-13(16)14(17)7-10/h2-7H,1H3. The lowest BCUT2D eigenvalue weighted by Crippen LogP contribution is -1.93. The van der Waals surface area contributed by atoms with Gasteiger partial charge >= 0.3 is 0 Å². The van der Waals surface area contributed by atoms with Crippen LogP contribution < -0.4 is 0 Å². The molecule has 2 aromatic carbocycles. The first kappa shape index (κ1) is 12.7. The number of carbonyl (C=O) groups is 1. The number of hydrogen-bond acceptors (Lipinski definition) is 1. The van der Waals surface area contributed by atoms with Crippen LogP contribution in [0.5, 0.6) is 0 Å². The highest BCUT2D eigenvalue weighted by molar-refractivity contribution is 6.34. The first-order valence-corrected chi connectivity index (χ1v) is 5.63. The van der Waals surface area contributed by atoms with Crippen molar-refractivity contribution >= 4 is 17.4 Å². The van der Waals surface area contributed by atoms with Crippen LogP contribution in [-0.4, -0.2) is 5.78 Å². The van der Waals surface area contributed by atoms with Gasteiger partial charge in [-0.3, -0.25) is 4.79 Å². The van der Waals surface area contributed by atoms with E-state index >= 15 is 0 Å². The molecule has 0 bridgehead atoms. The van der Waals surface area contributed by atoms with Crippen LogP contribution in [0.4, 0.5) is 8.78 Å². The van der Waals surface area contributed by atoms with Crippen LogP contribution in [0, 0.1) is 11.6 Å². The smallest absolute Gasteiger partial charge is 0.161 e. The molecular weight excluding hydrogens is 258 g/mol. The monoisotopic (exact) mass is 266 g/mol. The number of Topliss-reactive ketones (excluding diaryl/α,β-unsaturated/α-hetero) is 1.